The quantitative estimate of drug-likeness (QED) is 0.531. The molecule has 1 aromatic rings. The first-order valence-corrected chi connectivity index (χ1v) is 1.72. The van der Waals surface area contributed by atoms with E-state index in [2.05, 4.69) is 15.4 Å². The molecule has 4 heteroatoms. The van der Waals surface area contributed by atoms with Crippen molar-refractivity contribution in [3.8, 4) is 0 Å². The van der Waals surface area contributed by atoms with Crippen molar-refractivity contribution in [2.75, 3.05) is 0 Å². The molecule has 1 aromatic heterocycles. The predicted molar refractivity (Wildman–Crippen MR) is 21.1 cm³/mol. The molecule has 0 saturated heterocycles. The third-order valence-electron chi connectivity index (χ3n) is 0.535. The number of nitrogens with zero attached hydrogens (tertiary/aromatic N) is 2. The van der Waals surface area contributed by atoms with Gasteiger partial charge in [-0.05, 0) is 6.92 Å². The molecule has 0 aliphatic carbocycles. The van der Waals surface area contributed by atoms with E-state index in [1.165, 1.54) is 0 Å². The number of hydrogen-bond acceptors (Lipinski definition) is 2. The van der Waals surface area contributed by atoms with Gasteiger partial charge in [-0.15, -0.1) is 0 Å². The molecule has 7 heavy (non-hydrogen) atoms. The van der Waals surface area contributed by atoms with E-state index in [1.54, 1.807) is 6.20 Å². The van der Waals surface area contributed by atoms with Gasteiger partial charge in [0, 0.05) is 19.5 Å². The van der Waals surface area contributed by atoms with Crippen LogP contribution in [0.2, 0.25) is 0 Å². The normalized spacial score (nSPS) is 7.57. The van der Waals surface area contributed by atoms with Crippen LogP contribution in [0.3, 0.4) is 0 Å². The van der Waals surface area contributed by atoms with Crippen molar-refractivity contribution >= 4 is 0 Å². The van der Waals surface area contributed by atoms with E-state index < -0.39 is 0 Å². The maximum Gasteiger partial charge on any atom is 0.0793 e. The number of hydrogen-bond donors (Lipinski definition) is 1. The molecule has 0 spiro atoms. The van der Waals surface area contributed by atoms with Crippen LogP contribution < -0.4 is 0 Å². The van der Waals surface area contributed by atoms with E-state index >= 15 is 0 Å². The summed E-state index contributed by atoms with van der Waals surface area (Å²) in [5.74, 6) is 0. The Bertz CT molecular complexity index is 114. The number of H-pyrrole nitrogens is 1. The summed E-state index contributed by atoms with van der Waals surface area (Å²) >= 11 is 0. The van der Waals surface area contributed by atoms with Crippen molar-refractivity contribution in [1.29, 1.82) is 0 Å². The largest absolute Gasteiger partial charge is 0.198 e. The Morgan fingerprint density at radius 3 is 2.57 bits per heavy atom. The van der Waals surface area contributed by atoms with Crippen LogP contribution in [-0.2, 0) is 19.5 Å². The molecule has 3 nitrogen and oxygen atoms in total. The molecule has 1 N–H and O–H groups in total. The predicted octanol–water partition coefficient (Wildman–Crippen LogP) is 0.111. The maximum absolute atomic E-state index is 3.68. The summed E-state index contributed by atoms with van der Waals surface area (Å²) in [7, 11) is 0. The summed E-state index contributed by atoms with van der Waals surface area (Å²) in [5.41, 5.74) is 0.926. The van der Waals surface area contributed by atoms with Crippen molar-refractivity contribution in [1.82, 2.24) is 15.4 Å². The number of aryl methyl sites for hydroxylation is 1. The standard InChI is InChI=1S/C3H5N3.Zn/c1-3-2-4-6-5-3;/h2H,1H3,(H,4,5,6);. The molecular formula is C3H5N3Zn. The molecule has 0 radical (unpaired) electrons. The first kappa shape index (κ1) is 6.76. The summed E-state index contributed by atoms with van der Waals surface area (Å²) in [6.45, 7) is 1.88. The minimum Gasteiger partial charge on any atom is -0.198 e. The van der Waals surface area contributed by atoms with Crippen molar-refractivity contribution in [3.63, 3.8) is 0 Å². The molecule has 0 aliphatic heterocycles. The van der Waals surface area contributed by atoms with Crippen molar-refractivity contribution < 1.29 is 19.5 Å². The zero-order chi connectivity index (χ0) is 4.41. The van der Waals surface area contributed by atoms with Crippen LogP contribution in [0.1, 0.15) is 5.69 Å². The molecule has 0 bridgehead atoms. The van der Waals surface area contributed by atoms with Gasteiger partial charge in [-0.3, -0.25) is 0 Å². The van der Waals surface area contributed by atoms with Gasteiger partial charge in [0.15, 0.2) is 0 Å². The Morgan fingerprint density at radius 2 is 2.43 bits per heavy atom. The van der Waals surface area contributed by atoms with Gasteiger partial charge in [-0.1, -0.05) is 0 Å². The minimum atomic E-state index is 0. The van der Waals surface area contributed by atoms with E-state index in [9.17, 15) is 0 Å². The Kier molecular flexibility index (Phi) is 2.76. The van der Waals surface area contributed by atoms with Crippen LogP contribution in [0.15, 0.2) is 6.20 Å². The first-order valence-electron chi connectivity index (χ1n) is 1.72. The average Bonchev–Trinajstić information content (AvgIpc) is 1.86. The fourth-order valence-corrected chi connectivity index (χ4v) is 0.259. The second-order valence-corrected chi connectivity index (χ2v) is 1.11. The topological polar surface area (TPSA) is 41.6 Å². The molecular weight excluding hydrogens is 143 g/mol. The number of rotatable bonds is 0. The van der Waals surface area contributed by atoms with Gasteiger partial charge in [0.25, 0.3) is 0 Å². The molecule has 34 valence electrons. The van der Waals surface area contributed by atoms with E-state index in [0.717, 1.165) is 5.69 Å². The van der Waals surface area contributed by atoms with E-state index in [4.69, 9.17) is 0 Å². The Balaban J connectivity index is 0.000000360. The van der Waals surface area contributed by atoms with Crippen LogP contribution in [0.5, 0.6) is 0 Å². The van der Waals surface area contributed by atoms with Crippen LogP contribution in [-0.4, -0.2) is 15.4 Å². The van der Waals surface area contributed by atoms with Crippen LogP contribution >= 0.6 is 0 Å². The van der Waals surface area contributed by atoms with Gasteiger partial charge in [0.05, 0.1) is 11.9 Å². The summed E-state index contributed by atoms with van der Waals surface area (Å²) < 4.78 is 0. The van der Waals surface area contributed by atoms with Gasteiger partial charge >= 0.3 is 0 Å². The van der Waals surface area contributed by atoms with Gasteiger partial charge in [0.2, 0.25) is 0 Å². The van der Waals surface area contributed by atoms with Gasteiger partial charge in [0.1, 0.15) is 0 Å². The molecule has 0 aromatic carbocycles. The second kappa shape index (κ2) is 2.86. The second-order valence-electron chi connectivity index (χ2n) is 1.11. The molecule has 0 saturated carbocycles. The number of aromatic nitrogens is 3. The van der Waals surface area contributed by atoms with Gasteiger partial charge in [-0.25, -0.2) is 0 Å². The van der Waals surface area contributed by atoms with E-state index in [1.807, 2.05) is 6.92 Å². The molecule has 0 amide bonds. The molecule has 0 atom stereocenters. The van der Waals surface area contributed by atoms with Gasteiger partial charge < -0.3 is 0 Å². The Labute approximate surface area is 54.3 Å². The zero-order valence-corrected chi connectivity index (χ0v) is 7.15. The fourth-order valence-electron chi connectivity index (χ4n) is 0.259. The number of aromatic amines is 1. The summed E-state index contributed by atoms with van der Waals surface area (Å²) in [4.78, 5) is 0. The molecule has 0 aliphatic rings. The molecule has 0 unspecified atom stereocenters. The van der Waals surface area contributed by atoms with E-state index in [0.29, 0.717) is 0 Å². The smallest absolute Gasteiger partial charge is 0.0793 e. The third-order valence-corrected chi connectivity index (χ3v) is 0.535. The third kappa shape index (κ3) is 1.78. The maximum atomic E-state index is 3.68. The van der Waals surface area contributed by atoms with Crippen molar-refractivity contribution in [2.45, 2.75) is 6.92 Å². The molecule has 1 heterocycles. The molecule has 0 fully saturated rings. The summed E-state index contributed by atoms with van der Waals surface area (Å²) in [5, 5.41) is 9.70. The first-order chi connectivity index (χ1) is 2.89. The monoisotopic (exact) mass is 147 g/mol. The SMILES string of the molecule is Cc1cn[nH]n1.[Zn]. The molecule has 1 rings (SSSR count). The Morgan fingerprint density at radius 1 is 1.71 bits per heavy atom. The summed E-state index contributed by atoms with van der Waals surface area (Å²) in [6, 6.07) is 0. The minimum absolute atomic E-state index is 0. The van der Waals surface area contributed by atoms with Crippen molar-refractivity contribution in [2.24, 2.45) is 0 Å². The van der Waals surface area contributed by atoms with Crippen LogP contribution in [0, 0.1) is 6.92 Å². The van der Waals surface area contributed by atoms with Crippen LogP contribution in [0.25, 0.3) is 0 Å². The van der Waals surface area contributed by atoms with Crippen LogP contribution in [0.4, 0.5) is 0 Å². The number of nitrogens with one attached hydrogen (secondary N) is 1. The zero-order valence-electron chi connectivity index (χ0n) is 4.18. The Hall–Kier alpha value is -0.237. The fraction of sp³-hybridized carbons (Fsp3) is 0.333. The van der Waals surface area contributed by atoms with Gasteiger partial charge in [-0.2, -0.15) is 15.4 Å². The van der Waals surface area contributed by atoms with Crippen molar-refractivity contribution in [3.05, 3.63) is 11.9 Å². The summed E-state index contributed by atoms with van der Waals surface area (Å²) in [6.07, 6.45) is 1.67. The average molecular weight is 148 g/mol. The van der Waals surface area contributed by atoms with E-state index in [-0.39, 0.29) is 19.5 Å².